The number of aryl methyl sites for hydroxylation is 1. The molecule has 21 heavy (non-hydrogen) atoms. The van der Waals surface area contributed by atoms with Crippen LogP contribution >= 0.6 is 0 Å². The molecule has 3 aliphatic rings. The molecule has 0 bridgehead atoms. The SMILES string of the molecule is C[C@]12C(=O)C[C@@H]3c4ccc(O)cc4CC[C@H]3[C@@H]1CC[C@@H]2O. The van der Waals surface area contributed by atoms with Gasteiger partial charge in [-0.25, -0.2) is 0 Å². The fourth-order valence-corrected chi connectivity index (χ4v) is 5.32. The van der Waals surface area contributed by atoms with Crippen LogP contribution in [0.4, 0.5) is 0 Å². The molecule has 112 valence electrons. The van der Waals surface area contributed by atoms with Gasteiger partial charge in [-0.2, -0.15) is 0 Å². The molecule has 3 heteroatoms. The standard InChI is InChI=1S/C18H22O3/c1-18-15(6-7-16(18)20)13-4-2-10-8-11(19)3-5-12(10)14(13)9-17(18)21/h3,5,8,13-16,19-20H,2,4,6-7,9H2,1H3/t13-,14-,15+,16+,18+/m1/s1. The van der Waals surface area contributed by atoms with E-state index in [0.717, 1.165) is 25.7 Å². The highest BCUT2D eigenvalue weighted by Crippen LogP contribution is 2.59. The van der Waals surface area contributed by atoms with E-state index in [2.05, 4.69) is 0 Å². The number of Topliss-reactive ketones (excluding diaryl/α,β-unsaturated/α-hetero) is 1. The third-order valence-electron chi connectivity index (χ3n) is 6.53. The minimum Gasteiger partial charge on any atom is -0.508 e. The van der Waals surface area contributed by atoms with Gasteiger partial charge in [-0.3, -0.25) is 4.79 Å². The molecular formula is C18H22O3. The first-order chi connectivity index (χ1) is 10.0. The van der Waals surface area contributed by atoms with Crippen LogP contribution in [-0.2, 0) is 11.2 Å². The second kappa shape index (κ2) is 4.33. The summed E-state index contributed by atoms with van der Waals surface area (Å²) in [7, 11) is 0. The minimum absolute atomic E-state index is 0.236. The van der Waals surface area contributed by atoms with Crippen molar-refractivity contribution in [2.45, 2.75) is 51.0 Å². The van der Waals surface area contributed by atoms with Crippen LogP contribution in [0.5, 0.6) is 5.75 Å². The Balaban J connectivity index is 1.77. The van der Waals surface area contributed by atoms with Crippen LogP contribution in [-0.4, -0.2) is 22.1 Å². The molecule has 0 aromatic heterocycles. The van der Waals surface area contributed by atoms with Gasteiger partial charge in [0.2, 0.25) is 0 Å². The molecular weight excluding hydrogens is 264 g/mol. The highest BCUT2D eigenvalue weighted by Gasteiger charge is 2.58. The summed E-state index contributed by atoms with van der Waals surface area (Å²) < 4.78 is 0. The van der Waals surface area contributed by atoms with Gasteiger partial charge in [-0.05, 0) is 73.6 Å². The Morgan fingerprint density at radius 1 is 1.24 bits per heavy atom. The first kappa shape index (κ1) is 13.3. The van der Waals surface area contributed by atoms with Crippen LogP contribution < -0.4 is 0 Å². The smallest absolute Gasteiger partial charge is 0.142 e. The molecule has 1 aromatic rings. The fourth-order valence-electron chi connectivity index (χ4n) is 5.32. The predicted octanol–water partition coefficient (Wildman–Crippen LogP) is 2.79. The lowest BCUT2D eigenvalue weighted by Crippen LogP contribution is -2.50. The molecule has 0 unspecified atom stereocenters. The second-order valence-corrected chi connectivity index (χ2v) is 7.30. The predicted molar refractivity (Wildman–Crippen MR) is 79.1 cm³/mol. The molecule has 3 aliphatic carbocycles. The van der Waals surface area contributed by atoms with Crippen molar-refractivity contribution >= 4 is 5.78 Å². The van der Waals surface area contributed by atoms with Crippen molar-refractivity contribution in [2.75, 3.05) is 0 Å². The number of phenols is 1. The third kappa shape index (κ3) is 1.67. The number of rotatable bonds is 0. The quantitative estimate of drug-likeness (QED) is 0.771. The largest absolute Gasteiger partial charge is 0.508 e. The highest BCUT2D eigenvalue weighted by molar-refractivity contribution is 5.88. The molecule has 0 amide bonds. The van der Waals surface area contributed by atoms with E-state index in [1.165, 1.54) is 11.1 Å². The van der Waals surface area contributed by atoms with Gasteiger partial charge in [-0.1, -0.05) is 6.07 Å². The number of carbonyl (C=O) groups excluding carboxylic acids is 1. The van der Waals surface area contributed by atoms with Crippen molar-refractivity contribution in [2.24, 2.45) is 17.3 Å². The summed E-state index contributed by atoms with van der Waals surface area (Å²) in [4.78, 5) is 12.7. The van der Waals surface area contributed by atoms with Crippen LogP contribution in [0.3, 0.4) is 0 Å². The van der Waals surface area contributed by atoms with E-state index in [9.17, 15) is 15.0 Å². The maximum absolute atomic E-state index is 12.7. The van der Waals surface area contributed by atoms with E-state index in [0.29, 0.717) is 24.0 Å². The Bertz CT molecular complexity index is 608. The van der Waals surface area contributed by atoms with Crippen LogP contribution in [0.15, 0.2) is 18.2 Å². The molecule has 0 saturated heterocycles. The number of aromatic hydroxyl groups is 1. The van der Waals surface area contributed by atoms with Crippen LogP contribution in [0.1, 0.15) is 49.7 Å². The molecule has 1 aromatic carbocycles. The lowest BCUT2D eigenvalue weighted by atomic mass is 9.55. The Morgan fingerprint density at radius 2 is 2.05 bits per heavy atom. The van der Waals surface area contributed by atoms with Crippen LogP contribution in [0.25, 0.3) is 0 Å². The van der Waals surface area contributed by atoms with Crippen molar-refractivity contribution < 1.29 is 15.0 Å². The maximum Gasteiger partial charge on any atom is 0.142 e. The van der Waals surface area contributed by atoms with E-state index < -0.39 is 11.5 Å². The fraction of sp³-hybridized carbons (Fsp3) is 0.611. The maximum atomic E-state index is 12.7. The number of aliphatic hydroxyl groups is 1. The van der Waals surface area contributed by atoms with Crippen molar-refractivity contribution in [3.63, 3.8) is 0 Å². The number of benzene rings is 1. The van der Waals surface area contributed by atoms with Gasteiger partial charge in [0, 0.05) is 6.42 Å². The molecule has 2 fully saturated rings. The summed E-state index contributed by atoms with van der Waals surface area (Å²) in [5.74, 6) is 1.66. The average Bonchev–Trinajstić information content (AvgIpc) is 2.77. The molecule has 3 nitrogen and oxygen atoms in total. The molecule has 0 spiro atoms. The van der Waals surface area contributed by atoms with Crippen molar-refractivity contribution in [1.82, 2.24) is 0 Å². The zero-order valence-electron chi connectivity index (χ0n) is 12.4. The molecule has 2 N–H and O–H groups in total. The minimum atomic E-state index is -0.518. The number of ketones is 1. The van der Waals surface area contributed by atoms with Gasteiger partial charge in [0.25, 0.3) is 0 Å². The third-order valence-corrected chi connectivity index (χ3v) is 6.53. The Hall–Kier alpha value is -1.35. The monoisotopic (exact) mass is 286 g/mol. The Labute approximate surface area is 125 Å². The number of hydrogen-bond acceptors (Lipinski definition) is 3. The van der Waals surface area contributed by atoms with E-state index in [4.69, 9.17) is 0 Å². The Kier molecular flexibility index (Phi) is 2.74. The molecule has 0 radical (unpaired) electrons. The van der Waals surface area contributed by atoms with E-state index >= 15 is 0 Å². The zero-order valence-corrected chi connectivity index (χ0v) is 12.4. The van der Waals surface area contributed by atoms with Gasteiger partial charge >= 0.3 is 0 Å². The van der Waals surface area contributed by atoms with E-state index in [-0.39, 0.29) is 11.7 Å². The van der Waals surface area contributed by atoms with E-state index in [1.54, 1.807) is 6.07 Å². The average molecular weight is 286 g/mol. The number of phenolic OH excluding ortho intramolecular Hbond substituents is 1. The van der Waals surface area contributed by atoms with Crippen molar-refractivity contribution in [1.29, 1.82) is 0 Å². The van der Waals surface area contributed by atoms with Gasteiger partial charge in [0.05, 0.1) is 11.5 Å². The lowest BCUT2D eigenvalue weighted by molar-refractivity contribution is -0.143. The normalized spacial score (nSPS) is 41.3. The summed E-state index contributed by atoms with van der Waals surface area (Å²) in [6, 6.07) is 5.60. The summed E-state index contributed by atoms with van der Waals surface area (Å²) >= 11 is 0. The molecule has 5 atom stereocenters. The van der Waals surface area contributed by atoms with Crippen LogP contribution in [0.2, 0.25) is 0 Å². The van der Waals surface area contributed by atoms with Crippen molar-refractivity contribution in [3.05, 3.63) is 29.3 Å². The van der Waals surface area contributed by atoms with Gasteiger partial charge in [0.15, 0.2) is 0 Å². The summed E-state index contributed by atoms with van der Waals surface area (Å²) in [5, 5.41) is 20.0. The van der Waals surface area contributed by atoms with Gasteiger partial charge < -0.3 is 10.2 Å². The van der Waals surface area contributed by atoms with Gasteiger partial charge in [0.1, 0.15) is 11.5 Å². The molecule has 0 aliphatic heterocycles. The number of hydrogen-bond donors (Lipinski definition) is 2. The van der Waals surface area contributed by atoms with Gasteiger partial charge in [-0.15, -0.1) is 0 Å². The summed E-state index contributed by atoms with van der Waals surface area (Å²) in [6.45, 7) is 1.99. The topological polar surface area (TPSA) is 57.5 Å². The van der Waals surface area contributed by atoms with Crippen LogP contribution in [0, 0.1) is 17.3 Å². The second-order valence-electron chi connectivity index (χ2n) is 7.30. The number of fused-ring (bicyclic) bond motifs is 5. The molecule has 4 rings (SSSR count). The first-order valence-electron chi connectivity index (χ1n) is 8.05. The van der Waals surface area contributed by atoms with E-state index in [1.807, 2.05) is 19.1 Å². The van der Waals surface area contributed by atoms with Crippen molar-refractivity contribution in [3.8, 4) is 5.75 Å². The molecule has 0 heterocycles. The number of carbonyl (C=O) groups is 1. The molecule has 2 saturated carbocycles. The summed E-state index contributed by atoms with van der Waals surface area (Å²) in [6.07, 6.45) is 3.86. The Morgan fingerprint density at radius 3 is 2.86 bits per heavy atom. The highest BCUT2D eigenvalue weighted by atomic mass is 16.3. The lowest BCUT2D eigenvalue weighted by Gasteiger charge is -2.48. The number of aliphatic hydroxyl groups excluding tert-OH is 1. The first-order valence-corrected chi connectivity index (χ1v) is 8.05. The summed E-state index contributed by atoms with van der Waals surface area (Å²) in [5.41, 5.74) is 1.93. The zero-order chi connectivity index (χ0) is 14.8.